The number of carbonyl (C=O) groups excluding carboxylic acids is 1. The van der Waals surface area contributed by atoms with Crippen molar-refractivity contribution < 1.29 is 19.5 Å². The number of rotatable bonds is 10. The first kappa shape index (κ1) is 25.5. The Morgan fingerprint density at radius 2 is 2.06 bits per heavy atom. The molecular weight excluding hydrogens is 442 g/mol. The summed E-state index contributed by atoms with van der Waals surface area (Å²) in [4.78, 5) is 20.5. The van der Waals surface area contributed by atoms with Crippen LogP contribution >= 0.6 is 0 Å². The standard InChI is InChI=1S/C28H41N3O4/c1-20-17-24(10-11-26(20)28(33)29-21(2)19-32)34-16-4-5-22-12-14-31(15-13-22)27-7-3-6-25(35-30-27)18-23-8-9-23/h6,10-11,17,21-23,32H,3-5,7-9,12-16,18-19H2,1-2H3,(H,29,33). The third-order valence-corrected chi connectivity index (χ3v) is 7.29. The monoisotopic (exact) mass is 483 g/mol. The van der Waals surface area contributed by atoms with Crippen LogP contribution in [0.1, 0.15) is 80.6 Å². The number of hydrogen-bond donors (Lipinski definition) is 2. The molecule has 4 rings (SSSR count). The lowest BCUT2D eigenvalue weighted by molar-refractivity contribution is 0.0921. The van der Waals surface area contributed by atoms with Crippen LogP contribution in [0, 0.1) is 18.8 Å². The number of ether oxygens (including phenoxy) is 1. The summed E-state index contributed by atoms with van der Waals surface area (Å²) in [6.07, 6.45) is 12.6. The second-order valence-corrected chi connectivity index (χ2v) is 10.4. The summed E-state index contributed by atoms with van der Waals surface area (Å²) in [5, 5.41) is 16.4. The number of aliphatic hydroxyl groups excluding tert-OH is 1. The lowest BCUT2D eigenvalue weighted by atomic mass is 9.92. The Morgan fingerprint density at radius 3 is 2.77 bits per heavy atom. The Morgan fingerprint density at radius 1 is 1.26 bits per heavy atom. The average Bonchev–Trinajstić information content (AvgIpc) is 3.70. The van der Waals surface area contributed by atoms with Gasteiger partial charge in [-0.1, -0.05) is 5.16 Å². The lowest BCUT2D eigenvalue weighted by Gasteiger charge is -2.33. The van der Waals surface area contributed by atoms with E-state index in [1.165, 1.54) is 32.1 Å². The zero-order chi connectivity index (χ0) is 24.6. The number of aliphatic hydroxyl groups is 1. The van der Waals surface area contributed by atoms with E-state index in [0.29, 0.717) is 12.2 Å². The van der Waals surface area contributed by atoms with E-state index in [4.69, 9.17) is 14.7 Å². The van der Waals surface area contributed by atoms with Crippen LogP contribution in [0.25, 0.3) is 0 Å². The summed E-state index contributed by atoms with van der Waals surface area (Å²) < 4.78 is 5.96. The number of hydrogen-bond acceptors (Lipinski definition) is 6. The van der Waals surface area contributed by atoms with Gasteiger partial charge in [0.2, 0.25) is 0 Å². The number of oxime groups is 1. The van der Waals surface area contributed by atoms with Gasteiger partial charge in [0.25, 0.3) is 5.91 Å². The summed E-state index contributed by atoms with van der Waals surface area (Å²) in [6, 6.07) is 5.30. The van der Waals surface area contributed by atoms with Gasteiger partial charge in [0.15, 0.2) is 0 Å². The van der Waals surface area contributed by atoms with E-state index in [9.17, 15) is 4.79 Å². The molecule has 0 radical (unpaired) electrons. The predicted molar refractivity (Wildman–Crippen MR) is 137 cm³/mol. The average molecular weight is 484 g/mol. The summed E-state index contributed by atoms with van der Waals surface area (Å²) in [5.41, 5.74) is 1.49. The molecule has 1 aromatic rings. The van der Waals surface area contributed by atoms with Gasteiger partial charge in [-0.15, -0.1) is 0 Å². The molecule has 3 aliphatic rings. The normalized spacial score (nSPS) is 19.8. The number of amidine groups is 1. The van der Waals surface area contributed by atoms with Gasteiger partial charge in [0.1, 0.15) is 17.3 Å². The molecule has 1 saturated carbocycles. The molecule has 1 aliphatic carbocycles. The highest BCUT2D eigenvalue weighted by Gasteiger charge is 2.26. The second kappa shape index (κ2) is 12.4. The minimum atomic E-state index is -0.264. The van der Waals surface area contributed by atoms with Gasteiger partial charge < -0.3 is 24.9 Å². The summed E-state index contributed by atoms with van der Waals surface area (Å²) >= 11 is 0. The molecule has 2 aliphatic heterocycles. The van der Waals surface area contributed by atoms with Crippen molar-refractivity contribution in [2.24, 2.45) is 17.0 Å². The van der Waals surface area contributed by atoms with Crippen LogP contribution in [0.2, 0.25) is 0 Å². The fraction of sp³-hybridized carbons (Fsp3) is 0.643. The molecule has 1 unspecified atom stereocenters. The highest BCUT2D eigenvalue weighted by Crippen LogP contribution is 2.36. The van der Waals surface area contributed by atoms with Crippen LogP contribution in [0.15, 0.2) is 35.2 Å². The zero-order valence-electron chi connectivity index (χ0n) is 21.3. The number of allylic oxidation sites excluding steroid dienone is 2. The molecule has 2 fully saturated rings. The molecule has 2 heterocycles. The largest absolute Gasteiger partial charge is 0.494 e. The fourth-order valence-electron chi connectivity index (χ4n) is 4.87. The highest BCUT2D eigenvalue weighted by atomic mass is 16.6. The van der Waals surface area contributed by atoms with E-state index in [-0.39, 0.29) is 18.6 Å². The Kier molecular flexibility index (Phi) is 9.07. The maximum atomic E-state index is 12.3. The number of nitrogens with zero attached hydrogens (tertiary/aromatic N) is 2. The SMILES string of the molecule is Cc1cc(OCCCC2CCN(C3=NOC(CC4CC4)=CCC3)CC2)ccc1C(=O)NC(C)CO. The molecule has 0 spiro atoms. The molecule has 35 heavy (non-hydrogen) atoms. The fourth-order valence-corrected chi connectivity index (χ4v) is 4.87. The van der Waals surface area contributed by atoms with Crippen LogP contribution in [0.4, 0.5) is 0 Å². The Labute approximate surface area is 209 Å². The van der Waals surface area contributed by atoms with Crippen molar-refractivity contribution in [3.63, 3.8) is 0 Å². The number of piperidine rings is 1. The van der Waals surface area contributed by atoms with Crippen molar-refractivity contribution in [3.8, 4) is 5.75 Å². The lowest BCUT2D eigenvalue weighted by Crippen LogP contribution is -2.38. The number of likely N-dealkylation sites (tertiary alicyclic amines) is 1. The van der Waals surface area contributed by atoms with Crippen molar-refractivity contribution in [1.29, 1.82) is 0 Å². The van der Waals surface area contributed by atoms with Crippen molar-refractivity contribution in [2.75, 3.05) is 26.3 Å². The van der Waals surface area contributed by atoms with Crippen LogP contribution in [0.5, 0.6) is 5.75 Å². The van der Waals surface area contributed by atoms with Crippen LogP contribution in [-0.2, 0) is 4.84 Å². The number of nitrogens with one attached hydrogen (secondary N) is 1. The molecule has 1 saturated heterocycles. The van der Waals surface area contributed by atoms with E-state index in [0.717, 1.165) is 73.5 Å². The molecule has 1 amide bonds. The molecule has 192 valence electrons. The van der Waals surface area contributed by atoms with Gasteiger partial charge in [-0.25, -0.2) is 0 Å². The van der Waals surface area contributed by atoms with E-state index < -0.39 is 0 Å². The Hall–Kier alpha value is -2.54. The van der Waals surface area contributed by atoms with Crippen molar-refractivity contribution in [1.82, 2.24) is 10.2 Å². The number of aryl methyl sites for hydroxylation is 1. The van der Waals surface area contributed by atoms with E-state index in [1.54, 1.807) is 13.0 Å². The molecule has 0 aromatic heterocycles. The van der Waals surface area contributed by atoms with Gasteiger partial charge in [0.05, 0.1) is 13.2 Å². The Bertz CT molecular complexity index is 917. The van der Waals surface area contributed by atoms with E-state index in [1.807, 2.05) is 19.1 Å². The first-order valence-electron chi connectivity index (χ1n) is 13.3. The topological polar surface area (TPSA) is 83.4 Å². The molecule has 0 bridgehead atoms. The number of amides is 1. The summed E-state index contributed by atoms with van der Waals surface area (Å²) in [6.45, 7) is 6.41. The molecule has 2 N–H and O–H groups in total. The first-order valence-corrected chi connectivity index (χ1v) is 13.3. The third-order valence-electron chi connectivity index (χ3n) is 7.29. The highest BCUT2D eigenvalue weighted by molar-refractivity contribution is 5.96. The van der Waals surface area contributed by atoms with Crippen molar-refractivity contribution >= 4 is 11.7 Å². The number of carbonyl (C=O) groups is 1. The van der Waals surface area contributed by atoms with Crippen LogP contribution < -0.4 is 10.1 Å². The van der Waals surface area contributed by atoms with E-state index >= 15 is 0 Å². The second-order valence-electron chi connectivity index (χ2n) is 10.4. The minimum absolute atomic E-state index is 0.0765. The van der Waals surface area contributed by atoms with Crippen LogP contribution in [-0.4, -0.2) is 54.1 Å². The maximum absolute atomic E-state index is 12.3. The smallest absolute Gasteiger partial charge is 0.251 e. The van der Waals surface area contributed by atoms with Gasteiger partial charge in [-0.2, -0.15) is 0 Å². The summed E-state index contributed by atoms with van der Waals surface area (Å²) in [7, 11) is 0. The van der Waals surface area contributed by atoms with Gasteiger partial charge >= 0.3 is 0 Å². The maximum Gasteiger partial charge on any atom is 0.251 e. The summed E-state index contributed by atoms with van der Waals surface area (Å²) in [5.74, 6) is 4.37. The van der Waals surface area contributed by atoms with Crippen LogP contribution in [0.3, 0.4) is 0 Å². The third kappa shape index (κ3) is 7.72. The Balaban J connectivity index is 1.13. The van der Waals surface area contributed by atoms with Gasteiger partial charge in [0, 0.05) is 37.5 Å². The van der Waals surface area contributed by atoms with E-state index in [2.05, 4.69) is 21.4 Å². The minimum Gasteiger partial charge on any atom is -0.494 e. The molecule has 7 heteroatoms. The molecule has 1 aromatic carbocycles. The predicted octanol–water partition coefficient (Wildman–Crippen LogP) is 4.78. The number of benzene rings is 1. The van der Waals surface area contributed by atoms with Gasteiger partial charge in [-0.05, 0) is 100 Å². The molecule has 1 atom stereocenters. The molecule has 7 nitrogen and oxygen atoms in total. The first-order chi connectivity index (χ1) is 17.0. The molecular formula is C28H41N3O4. The zero-order valence-corrected chi connectivity index (χ0v) is 21.3. The van der Waals surface area contributed by atoms with Gasteiger partial charge in [-0.3, -0.25) is 4.79 Å². The van der Waals surface area contributed by atoms with Crippen molar-refractivity contribution in [2.45, 2.75) is 77.7 Å². The van der Waals surface area contributed by atoms with Crippen molar-refractivity contribution in [3.05, 3.63) is 41.2 Å². The quantitative estimate of drug-likeness (QED) is 0.468.